The molecule has 0 saturated carbocycles. The standard InChI is InChI=1S/C15H32O4S/c1-3-4-5-6-7-8-9-10-11-12-13-19-15(2)14-20(16,17)18/h15H,3-14H2,1-2H3,(H,16,17,18). The van der Waals surface area contributed by atoms with Crippen LogP contribution in [0.5, 0.6) is 0 Å². The molecule has 0 radical (unpaired) electrons. The second-order valence-electron chi connectivity index (χ2n) is 5.61. The maximum Gasteiger partial charge on any atom is 0.267 e. The summed E-state index contributed by atoms with van der Waals surface area (Å²) in [5.41, 5.74) is 0. The average molecular weight is 308 g/mol. The van der Waals surface area contributed by atoms with Gasteiger partial charge >= 0.3 is 0 Å². The number of hydrogen-bond acceptors (Lipinski definition) is 3. The molecule has 5 heteroatoms. The average Bonchev–Trinajstić information content (AvgIpc) is 2.34. The van der Waals surface area contributed by atoms with Crippen molar-refractivity contribution in [3.8, 4) is 0 Å². The van der Waals surface area contributed by atoms with E-state index >= 15 is 0 Å². The highest BCUT2D eigenvalue weighted by molar-refractivity contribution is 7.85. The van der Waals surface area contributed by atoms with E-state index in [-0.39, 0.29) is 5.75 Å². The first-order chi connectivity index (χ1) is 9.45. The third kappa shape index (κ3) is 15.9. The molecule has 0 aliphatic heterocycles. The fourth-order valence-electron chi connectivity index (χ4n) is 2.22. The van der Waals surface area contributed by atoms with Crippen molar-refractivity contribution in [2.24, 2.45) is 0 Å². The van der Waals surface area contributed by atoms with Gasteiger partial charge in [-0.2, -0.15) is 8.42 Å². The summed E-state index contributed by atoms with van der Waals surface area (Å²) < 4.78 is 35.2. The second-order valence-corrected chi connectivity index (χ2v) is 7.11. The van der Waals surface area contributed by atoms with Gasteiger partial charge in [-0.1, -0.05) is 64.7 Å². The number of rotatable bonds is 14. The lowest BCUT2D eigenvalue weighted by atomic mass is 10.1. The number of hydrogen-bond donors (Lipinski definition) is 1. The van der Waals surface area contributed by atoms with Crippen LogP contribution in [0, 0.1) is 0 Å². The van der Waals surface area contributed by atoms with Crippen LogP contribution in [0.3, 0.4) is 0 Å². The molecule has 1 atom stereocenters. The molecule has 0 saturated heterocycles. The molecule has 0 rings (SSSR count). The quantitative estimate of drug-likeness (QED) is 0.386. The van der Waals surface area contributed by atoms with Gasteiger partial charge < -0.3 is 4.74 Å². The Morgan fingerprint density at radius 3 is 1.80 bits per heavy atom. The van der Waals surface area contributed by atoms with Crippen molar-refractivity contribution in [1.82, 2.24) is 0 Å². The maximum atomic E-state index is 10.6. The maximum absolute atomic E-state index is 10.6. The summed E-state index contributed by atoms with van der Waals surface area (Å²) in [4.78, 5) is 0. The molecule has 0 fully saturated rings. The predicted molar refractivity (Wildman–Crippen MR) is 83.7 cm³/mol. The molecule has 4 nitrogen and oxygen atoms in total. The summed E-state index contributed by atoms with van der Waals surface area (Å²) in [6, 6.07) is 0. The Morgan fingerprint density at radius 2 is 1.35 bits per heavy atom. The lowest BCUT2D eigenvalue weighted by Gasteiger charge is -2.10. The molecule has 0 aromatic carbocycles. The minimum absolute atomic E-state index is 0.315. The molecule has 20 heavy (non-hydrogen) atoms. The Labute approximate surface area is 125 Å². The molecule has 0 amide bonds. The summed E-state index contributed by atoms with van der Waals surface area (Å²) in [5.74, 6) is -0.315. The highest BCUT2D eigenvalue weighted by Gasteiger charge is 2.11. The first-order valence-electron chi connectivity index (χ1n) is 8.02. The SMILES string of the molecule is CCCCCCCCCCCCOC(C)CS(=O)(=O)O. The molecular weight excluding hydrogens is 276 g/mol. The highest BCUT2D eigenvalue weighted by atomic mass is 32.2. The van der Waals surface area contributed by atoms with E-state index in [0.29, 0.717) is 6.61 Å². The van der Waals surface area contributed by atoms with Gasteiger partial charge in [-0.3, -0.25) is 4.55 Å². The molecule has 0 aliphatic rings. The molecule has 0 spiro atoms. The first-order valence-corrected chi connectivity index (χ1v) is 9.63. The van der Waals surface area contributed by atoms with Crippen LogP contribution >= 0.6 is 0 Å². The van der Waals surface area contributed by atoms with Gasteiger partial charge in [-0.15, -0.1) is 0 Å². The van der Waals surface area contributed by atoms with E-state index in [1.807, 2.05) is 0 Å². The van der Waals surface area contributed by atoms with Gasteiger partial charge in [0.05, 0.1) is 6.10 Å². The van der Waals surface area contributed by atoms with Crippen LogP contribution < -0.4 is 0 Å². The van der Waals surface area contributed by atoms with Crippen molar-refractivity contribution in [3.63, 3.8) is 0 Å². The zero-order valence-electron chi connectivity index (χ0n) is 13.1. The molecule has 1 N–H and O–H groups in total. The molecule has 0 aromatic heterocycles. The third-order valence-electron chi connectivity index (χ3n) is 3.35. The summed E-state index contributed by atoms with van der Waals surface area (Å²) in [6.07, 6.45) is 12.2. The van der Waals surface area contributed by atoms with E-state index in [1.54, 1.807) is 6.92 Å². The zero-order valence-corrected chi connectivity index (χ0v) is 14.0. The van der Waals surface area contributed by atoms with Gasteiger partial charge in [-0.05, 0) is 13.3 Å². The highest BCUT2D eigenvalue weighted by Crippen LogP contribution is 2.10. The van der Waals surface area contributed by atoms with E-state index in [0.717, 1.165) is 12.8 Å². The van der Waals surface area contributed by atoms with Crippen molar-refractivity contribution in [2.45, 2.75) is 84.2 Å². The number of ether oxygens (including phenoxy) is 1. The van der Waals surface area contributed by atoms with Gasteiger partial charge in [0.2, 0.25) is 0 Å². The minimum atomic E-state index is -3.91. The fourth-order valence-corrected chi connectivity index (χ4v) is 2.91. The molecule has 0 bridgehead atoms. The summed E-state index contributed by atoms with van der Waals surface area (Å²) in [7, 11) is -3.91. The summed E-state index contributed by atoms with van der Waals surface area (Å²) in [6.45, 7) is 4.48. The molecule has 0 aromatic rings. The van der Waals surface area contributed by atoms with E-state index in [9.17, 15) is 8.42 Å². The van der Waals surface area contributed by atoms with Gasteiger partial charge in [0.25, 0.3) is 10.1 Å². The molecule has 1 unspecified atom stereocenters. The smallest absolute Gasteiger partial charge is 0.267 e. The lowest BCUT2D eigenvalue weighted by Crippen LogP contribution is -2.20. The summed E-state index contributed by atoms with van der Waals surface area (Å²) in [5, 5.41) is 0. The topological polar surface area (TPSA) is 63.6 Å². The minimum Gasteiger partial charge on any atom is -0.377 e. The van der Waals surface area contributed by atoms with Crippen molar-refractivity contribution in [3.05, 3.63) is 0 Å². The Kier molecular flexibility index (Phi) is 12.5. The van der Waals surface area contributed by atoms with Crippen molar-refractivity contribution >= 4 is 10.1 Å². The van der Waals surface area contributed by atoms with Crippen LogP contribution in [-0.2, 0) is 14.9 Å². The van der Waals surface area contributed by atoms with Gasteiger partial charge in [-0.25, -0.2) is 0 Å². The van der Waals surface area contributed by atoms with Crippen LogP contribution in [0.2, 0.25) is 0 Å². The lowest BCUT2D eigenvalue weighted by molar-refractivity contribution is 0.0766. The van der Waals surface area contributed by atoms with Crippen molar-refractivity contribution in [2.75, 3.05) is 12.4 Å². The Bertz CT molecular complexity index is 301. The second kappa shape index (κ2) is 12.6. The Balaban J connectivity index is 3.20. The van der Waals surface area contributed by atoms with Gasteiger partial charge in [0.1, 0.15) is 5.75 Å². The largest absolute Gasteiger partial charge is 0.377 e. The van der Waals surface area contributed by atoms with Crippen molar-refractivity contribution < 1.29 is 17.7 Å². The monoisotopic (exact) mass is 308 g/mol. The zero-order chi connectivity index (χ0) is 15.3. The van der Waals surface area contributed by atoms with Crippen LogP contribution in [0.4, 0.5) is 0 Å². The van der Waals surface area contributed by atoms with E-state index in [1.165, 1.54) is 51.4 Å². The number of unbranched alkanes of at least 4 members (excludes halogenated alkanes) is 9. The van der Waals surface area contributed by atoms with Gasteiger partial charge in [0.15, 0.2) is 0 Å². The molecule has 0 aliphatic carbocycles. The van der Waals surface area contributed by atoms with Crippen LogP contribution in [0.1, 0.15) is 78.1 Å². The van der Waals surface area contributed by atoms with Gasteiger partial charge in [0, 0.05) is 6.61 Å². The molecule has 0 heterocycles. The molecular formula is C15H32O4S. The van der Waals surface area contributed by atoms with Crippen LogP contribution in [0.25, 0.3) is 0 Å². The Hall–Kier alpha value is -0.130. The third-order valence-corrected chi connectivity index (χ3v) is 4.24. The van der Waals surface area contributed by atoms with Crippen molar-refractivity contribution in [1.29, 1.82) is 0 Å². The predicted octanol–water partition coefficient (Wildman–Crippen LogP) is 4.20. The van der Waals surface area contributed by atoms with E-state index in [4.69, 9.17) is 9.29 Å². The normalized spacial score (nSPS) is 13.6. The summed E-state index contributed by atoms with van der Waals surface area (Å²) >= 11 is 0. The van der Waals surface area contributed by atoms with E-state index in [2.05, 4.69) is 6.92 Å². The first kappa shape index (κ1) is 19.9. The fraction of sp³-hybridized carbons (Fsp3) is 1.00. The van der Waals surface area contributed by atoms with Crippen LogP contribution in [-0.4, -0.2) is 31.4 Å². The molecule has 122 valence electrons. The Morgan fingerprint density at radius 1 is 0.900 bits per heavy atom. The van der Waals surface area contributed by atoms with Crippen LogP contribution in [0.15, 0.2) is 0 Å². The van der Waals surface area contributed by atoms with E-state index < -0.39 is 16.2 Å².